The molecule has 2 rings (SSSR count). The summed E-state index contributed by atoms with van der Waals surface area (Å²) in [5.41, 5.74) is 2.36. The number of rotatable bonds is 4. The zero-order valence-corrected chi connectivity index (χ0v) is 10.4. The van der Waals surface area contributed by atoms with Gasteiger partial charge < -0.3 is 5.32 Å². The minimum absolute atomic E-state index is 0.770. The van der Waals surface area contributed by atoms with E-state index in [2.05, 4.69) is 15.5 Å². The molecule has 0 saturated carbocycles. The Kier molecular flexibility index (Phi) is 3.94. The molecule has 0 saturated heterocycles. The third-order valence-electron chi connectivity index (χ3n) is 2.42. The first-order chi connectivity index (χ1) is 8.24. The van der Waals surface area contributed by atoms with Crippen LogP contribution >= 0.6 is 11.6 Å². The van der Waals surface area contributed by atoms with Crippen molar-refractivity contribution in [3.05, 3.63) is 52.7 Å². The van der Waals surface area contributed by atoms with E-state index in [1.807, 2.05) is 37.3 Å². The molecule has 0 aliphatic heterocycles. The number of aryl methyl sites for hydroxylation is 1. The number of halogens is 1. The van der Waals surface area contributed by atoms with Gasteiger partial charge in [-0.15, -0.1) is 5.10 Å². The first-order valence-corrected chi connectivity index (χ1v) is 5.89. The van der Waals surface area contributed by atoms with Crippen molar-refractivity contribution in [3.8, 4) is 0 Å². The summed E-state index contributed by atoms with van der Waals surface area (Å²) in [5, 5.41) is 11.9. The predicted molar refractivity (Wildman–Crippen MR) is 70.4 cm³/mol. The number of hydrogen-bond acceptors (Lipinski definition) is 3. The Balaban J connectivity index is 1.85. The van der Waals surface area contributed by atoms with Crippen molar-refractivity contribution in [2.75, 3.05) is 11.9 Å². The predicted octanol–water partition coefficient (Wildman–Crippen LogP) is 3.09. The SMILES string of the molecule is Cc1cnnc(NCCc2ccc(Cl)cc2)c1. The van der Waals surface area contributed by atoms with Gasteiger partial charge in [-0.1, -0.05) is 23.7 Å². The standard InChI is InChI=1S/C13H14ClN3/c1-10-8-13(17-16-9-10)15-7-6-11-2-4-12(14)5-3-11/h2-5,8-9H,6-7H2,1H3,(H,15,17). The van der Waals surface area contributed by atoms with E-state index >= 15 is 0 Å². The molecule has 0 atom stereocenters. The molecular formula is C13H14ClN3. The molecule has 1 aromatic heterocycles. The normalized spacial score (nSPS) is 10.2. The van der Waals surface area contributed by atoms with Crippen LogP contribution < -0.4 is 5.32 Å². The van der Waals surface area contributed by atoms with E-state index in [0.29, 0.717) is 0 Å². The highest BCUT2D eigenvalue weighted by Gasteiger charge is 1.96. The molecule has 1 N–H and O–H groups in total. The van der Waals surface area contributed by atoms with Gasteiger partial charge in [0.2, 0.25) is 0 Å². The molecule has 3 nitrogen and oxygen atoms in total. The van der Waals surface area contributed by atoms with E-state index in [1.165, 1.54) is 5.56 Å². The van der Waals surface area contributed by atoms with Gasteiger partial charge in [0.05, 0.1) is 6.20 Å². The van der Waals surface area contributed by atoms with Crippen LogP contribution in [0.15, 0.2) is 36.5 Å². The summed E-state index contributed by atoms with van der Waals surface area (Å²) >= 11 is 5.83. The molecule has 0 radical (unpaired) electrons. The van der Waals surface area contributed by atoms with E-state index < -0.39 is 0 Å². The minimum atomic E-state index is 0.770. The Morgan fingerprint density at radius 2 is 2.00 bits per heavy atom. The Morgan fingerprint density at radius 3 is 2.71 bits per heavy atom. The van der Waals surface area contributed by atoms with Gasteiger partial charge in [-0.05, 0) is 42.7 Å². The van der Waals surface area contributed by atoms with Crippen LogP contribution in [-0.2, 0) is 6.42 Å². The smallest absolute Gasteiger partial charge is 0.148 e. The first kappa shape index (κ1) is 11.9. The molecule has 0 spiro atoms. The molecule has 88 valence electrons. The lowest BCUT2D eigenvalue weighted by atomic mass is 10.1. The number of aromatic nitrogens is 2. The summed E-state index contributed by atoms with van der Waals surface area (Å²) in [6.45, 7) is 2.83. The number of benzene rings is 1. The molecule has 0 aliphatic carbocycles. The van der Waals surface area contributed by atoms with Gasteiger partial charge in [-0.2, -0.15) is 5.10 Å². The van der Waals surface area contributed by atoms with Crippen molar-refractivity contribution in [2.45, 2.75) is 13.3 Å². The summed E-state index contributed by atoms with van der Waals surface area (Å²) in [6.07, 6.45) is 2.68. The summed E-state index contributed by atoms with van der Waals surface area (Å²) in [5.74, 6) is 0.818. The van der Waals surface area contributed by atoms with Gasteiger partial charge in [0, 0.05) is 11.6 Å². The second-order valence-electron chi connectivity index (χ2n) is 3.92. The zero-order chi connectivity index (χ0) is 12.1. The number of nitrogens with zero attached hydrogens (tertiary/aromatic N) is 2. The van der Waals surface area contributed by atoms with Gasteiger partial charge in [0.15, 0.2) is 0 Å². The van der Waals surface area contributed by atoms with E-state index in [-0.39, 0.29) is 0 Å². The van der Waals surface area contributed by atoms with Crippen molar-refractivity contribution < 1.29 is 0 Å². The van der Waals surface area contributed by atoms with Crippen LogP contribution in [-0.4, -0.2) is 16.7 Å². The first-order valence-electron chi connectivity index (χ1n) is 5.52. The monoisotopic (exact) mass is 247 g/mol. The van der Waals surface area contributed by atoms with E-state index in [1.54, 1.807) is 6.20 Å². The zero-order valence-electron chi connectivity index (χ0n) is 9.65. The maximum atomic E-state index is 5.83. The third kappa shape index (κ3) is 3.71. The second-order valence-corrected chi connectivity index (χ2v) is 4.36. The molecule has 0 unspecified atom stereocenters. The Labute approximate surface area is 106 Å². The molecule has 0 bridgehead atoms. The topological polar surface area (TPSA) is 37.8 Å². The highest BCUT2D eigenvalue weighted by atomic mass is 35.5. The maximum Gasteiger partial charge on any atom is 0.148 e. The number of nitrogens with one attached hydrogen (secondary N) is 1. The van der Waals surface area contributed by atoms with Gasteiger partial charge in [-0.25, -0.2) is 0 Å². The van der Waals surface area contributed by atoms with Gasteiger partial charge >= 0.3 is 0 Å². The average Bonchev–Trinajstić information content (AvgIpc) is 2.32. The molecule has 0 fully saturated rings. The van der Waals surface area contributed by atoms with Crippen LogP contribution in [0.3, 0.4) is 0 Å². The minimum Gasteiger partial charge on any atom is -0.368 e. The highest BCUT2D eigenvalue weighted by Crippen LogP contribution is 2.10. The van der Waals surface area contributed by atoms with Crippen LogP contribution in [0.2, 0.25) is 5.02 Å². The van der Waals surface area contributed by atoms with Crippen LogP contribution in [0.5, 0.6) is 0 Å². The fourth-order valence-corrected chi connectivity index (χ4v) is 1.66. The fraction of sp³-hybridized carbons (Fsp3) is 0.231. The molecule has 2 aromatic rings. The Hall–Kier alpha value is -1.61. The summed E-state index contributed by atoms with van der Waals surface area (Å²) in [4.78, 5) is 0. The van der Waals surface area contributed by atoms with Gasteiger partial charge in [-0.3, -0.25) is 0 Å². The second kappa shape index (κ2) is 5.64. The Bertz CT molecular complexity index is 482. The van der Waals surface area contributed by atoms with Crippen molar-refractivity contribution in [2.24, 2.45) is 0 Å². The fourth-order valence-electron chi connectivity index (χ4n) is 1.54. The quantitative estimate of drug-likeness (QED) is 0.902. The molecule has 0 aliphatic rings. The average molecular weight is 248 g/mol. The van der Waals surface area contributed by atoms with Gasteiger partial charge in [0.25, 0.3) is 0 Å². The molecule has 1 aromatic carbocycles. The third-order valence-corrected chi connectivity index (χ3v) is 2.68. The van der Waals surface area contributed by atoms with E-state index in [9.17, 15) is 0 Å². The molecule has 1 heterocycles. The van der Waals surface area contributed by atoms with Crippen molar-refractivity contribution in [1.82, 2.24) is 10.2 Å². The summed E-state index contributed by atoms with van der Waals surface area (Å²) in [6, 6.07) is 9.86. The lowest BCUT2D eigenvalue weighted by Crippen LogP contribution is -2.06. The van der Waals surface area contributed by atoms with Crippen LogP contribution in [0, 0.1) is 6.92 Å². The lowest BCUT2D eigenvalue weighted by molar-refractivity contribution is 0.960. The van der Waals surface area contributed by atoms with E-state index in [0.717, 1.165) is 29.4 Å². The number of hydrogen-bond donors (Lipinski definition) is 1. The van der Waals surface area contributed by atoms with Crippen molar-refractivity contribution in [1.29, 1.82) is 0 Å². The van der Waals surface area contributed by atoms with Crippen LogP contribution in [0.1, 0.15) is 11.1 Å². The largest absolute Gasteiger partial charge is 0.368 e. The summed E-state index contributed by atoms with van der Waals surface area (Å²) in [7, 11) is 0. The molecule has 4 heteroatoms. The number of anilines is 1. The molecule has 0 amide bonds. The maximum absolute atomic E-state index is 5.83. The van der Waals surface area contributed by atoms with Crippen molar-refractivity contribution >= 4 is 17.4 Å². The van der Waals surface area contributed by atoms with Gasteiger partial charge in [0.1, 0.15) is 5.82 Å². The van der Waals surface area contributed by atoms with Crippen molar-refractivity contribution in [3.63, 3.8) is 0 Å². The van der Waals surface area contributed by atoms with Crippen LogP contribution in [0.25, 0.3) is 0 Å². The Morgan fingerprint density at radius 1 is 1.24 bits per heavy atom. The molecular weight excluding hydrogens is 234 g/mol. The summed E-state index contributed by atoms with van der Waals surface area (Å²) < 4.78 is 0. The molecule has 17 heavy (non-hydrogen) atoms. The highest BCUT2D eigenvalue weighted by molar-refractivity contribution is 6.30. The van der Waals surface area contributed by atoms with Crippen LogP contribution in [0.4, 0.5) is 5.82 Å². The lowest BCUT2D eigenvalue weighted by Gasteiger charge is -2.05. The van der Waals surface area contributed by atoms with E-state index in [4.69, 9.17) is 11.6 Å².